The van der Waals surface area contributed by atoms with Gasteiger partial charge in [-0.1, -0.05) is 35.9 Å². The van der Waals surface area contributed by atoms with Gasteiger partial charge in [0, 0.05) is 11.1 Å². The zero-order valence-electron chi connectivity index (χ0n) is 9.84. The number of ketones is 1. The molecule has 0 aliphatic heterocycles. The first-order chi connectivity index (χ1) is 9.32. The van der Waals surface area contributed by atoms with Crippen molar-refractivity contribution in [3.8, 4) is 0 Å². The number of carbonyl (C=O) groups is 1. The van der Waals surface area contributed by atoms with Crippen molar-refractivity contribution >= 4 is 17.4 Å². The second-order valence-electron chi connectivity index (χ2n) is 3.97. The largest absolute Gasteiger partial charge is 0.417 e. The van der Waals surface area contributed by atoms with Gasteiger partial charge in [-0.3, -0.25) is 4.79 Å². The molecule has 104 valence electrons. The van der Waals surface area contributed by atoms with Crippen molar-refractivity contribution in [1.82, 2.24) is 0 Å². The number of benzene rings is 2. The van der Waals surface area contributed by atoms with Crippen molar-refractivity contribution in [2.75, 3.05) is 0 Å². The van der Waals surface area contributed by atoms with Crippen LogP contribution in [0, 0.1) is 5.82 Å². The highest BCUT2D eigenvalue weighted by atomic mass is 35.5. The van der Waals surface area contributed by atoms with E-state index in [-0.39, 0.29) is 5.56 Å². The quantitative estimate of drug-likeness (QED) is 0.579. The van der Waals surface area contributed by atoms with Gasteiger partial charge in [-0.15, -0.1) is 0 Å². The maximum atomic E-state index is 13.3. The average molecular weight is 303 g/mol. The zero-order valence-corrected chi connectivity index (χ0v) is 10.6. The van der Waals surface area contributed by atoms with Crippen LogP contribution in [-0.4, -0.2) is 5.78 Å². The van der Waals surface area contributed by atoms with Crippen molar-refractivity contribution in [1.29, 1.82) is 0 Å². The first-order valence-electron chi connectivity index (χ1n) is 5.47. The second kappa shape index (κ2) is 5.25. The molecule has 0 heterocycles. The minimum Gasteiger partial charge on any atom is -0.289 e. The molecule has 0 amide bonds. The lowest BCUT2D eigenvalue weighted by Crippen LogP contribution is -2.14. The van der Waals surface area contributed by atoms with Crippen molar-refractivity contribution in [2.24, 2.45) is 0 Å². The number of alkyl halides is 3. The van der Waals surface area contributed by atoms with E-state index in [2.05, 4.69) is 0 Å². The molecule has 0 bridgehead atoms. The van der Waals surface area contributed by atoms with E-state index in [0.29, 0.717) is 0 Å². The summed E-state index contributed by atoms with van der Waals surface area (Å²) in [6.45, 7) is 0. The Hall–Kier alpha value is -1.88. The van der Waals surface area contributed by atoms with Crippen LogP contribution in [0.4, 0.5) is 17.6 Å². The summed E-state index contributed by atoms with van der Waals surface area (Å²) in [7, 11) is 0. The molecule has 0 fully saturated rings. The Bertz CT molecular complexity index is 664. The summed E-state index contributed by atoms with van der Waals surface area (Å²) in [4.78, 5) is 12.1. The maximum Gasteiger partial charge on any atom is 0.417 e. The van der Waals surface area contributed by atoms with Crippen molar-refractivity contribution in [3.63, 3.8) is 0 Å². The molecule has 0 atom stereocenters. The van der Waals surface area contributed by atoms with E-state index in [0.717, 1.165) is 18.2 Å². The normalized spacial score (nSPS) is 11.4. The van der Waals surface area contributed by atoms with Crippen LogP contribution in [0.3, 0.4) is 0 Å². The molecule has 0 aliphatic carbocycles. The Morgan fingerprint density at radius 1 is 0.950 bits per heavy atom. The fourth-order valence-corrected chi connectivity index (χ4v) is 1.96. The third-order valence-corrected chi connectivity index (χ3v) is 3.06. The molecule has 0 aliphatic rings. The highest BCUT2D eigenvalue weighted by Crippen LogP contribution is 2.33. The lowest BCUT2D eigenvalue weighted by molar-refractivity contribution is -0.137. The second-order valence-corrected chi connectivity index (χ2v) is 4.35. The van der Waals surface area contributed by atoms with E-state index in [1.807, 2.05) is 0 Å². The third-order valence-electron chi connectivity index (χ3n) is 2.67. The van der Waals surface area contributed by atoms with Gasteiger partial charge < -0.3 is 0 Å². The van der Waals surface area contributed by atoms with E-state index < -0.39 is 33.9 Å². The van der Waals surface area contributed by atoms with Gasteiger partial charge in [0.15, 0.2) is 5.78 Å². The highest BCUT2D eigenvalue weighted by molar-refractivity contribution is 6.35. The molecule has 0 saturated carbocycles. The van der Waals surface area contributed by atoms with Crippen LogP contribution in [0.2, 0.25) is 5.02 Å². The number of halogens is 5. The molecule has 0 unspecified atom stereocenters. The Labute approximate surface area is 116 Å². The Morgan fingerprint density at radius 2 is 1.55 bits per heavy atom. The third kappa shape index (κ3) is 2.67. The summed E-state index contributed by atoms with van der Waals surface area (Å²) < 4.78 is 51.8. The molecule has 0 aromatic heterocycles. The van der Waals surface area contributed by atoms with Crippen molar-refractivity contribution < 1.29 is 22.4 Å². The molecular weight excluding hydrogens is 296 g/mol. The minimum absolute atomic E-state index is 0.302. The summed E-state index contributed by atoms with van der Waals surface area (Å²) in [5.41, 5.74) is -1.94. The van der Waals surface area contributed by atoms with E-state index in [1.54, 1.807) is 0 Å². The minimum atomic E-state index is -4.67. The number of carbonyl (C=O) groups excluding carboxylic acids is 1. The molecule has 2 rings (SSSR count). The van der Waals surface area contributed by atoms with Gasteiger partial charge in [-0.05, 0) is 18.2 Å². The van der Waals surface area contributed by atoms with Crippen molar-refractivity contribution in [3.05, 3.63) is 70.0 Å². The van der Waals surface area contributed by atoms with E-state index in [1.165, 1.54) is 24.3 Å². The van der Waals surface area contributed by atoms with Gasteiger partial charge in [-0.25, -0.2) is 4.39 Å². The van der Waals surface area contributed by atoms with Gasteiger partial charge in [0.2, 0.25) is 0 Å². The van der Waals surface area contributed by atoms with E-state index in [9.17, 15) is 22.4 Å². The van der Waals surface area contributed by atoms with Gasteiger partial charge in [0.1, 0.15) is 5.82 Å². The summed E-state index contributed by atoms with van der Waals surface area (Å²) >= 11 is 5.63. The molecule has 0 saturated heterocycles. The highest BCUT2D eigenvalue weighted by Gasteiger charge is 2.35. The SMILES string of the molecule is O=C(c1ccccc1C(F)(F)F)c1cccc(F)c1Cl. The molecule has 1 nitrogen and oxygen atoms in total. The predicted molar refractivity (Wildman–Crippen MR) is 66.3 cm³/mol. The summed E-state index contributed by atoms with van der Waals surface area (Å²) in [5, 5.41) is -0.491. The monoisotopic (exact) mass is 302 g/mol. The summed E-state index contributed by atoms with van der Waals surface area (Å²) in [5.74, 6) is -1.83. The number of hydrogen-bond donors (Lipinski definition) is 0. The van der Waals surface area contributed by atoms with Gasteiger partial charge in [0.05, 0.1) is 10.6 Å². The molecule has 0 radical (unpaired) electrons. The van der Waals surface area contributed by atoms with Crippen LogP contribution in [-0.2, 0) is 6.18 Å². The number of rotatable bonds is 2. The zero-order chi connectivity index (χ0) is 14.9. The lowest BCUT2D eigenvalue weighted by Gasteiger charge is -2.12. The van der Waals surface area contributed by atoms with Gasteiger partial charge in [-0.2, -0.15) is 13.2 Å². The topological polar surface area (TPSA) is 17.1 Å². The molecule has 0 spiro atoms. The fourth-order valence-electron chi connectivity index (χ4n) is 1.75. The smallest absolute Gasteiger partial charge is 0.289 e. The summed E-state index contributed by atoms with van der Waals surface area (Å²) in [6.07, 6.45) is -4.67. The standard InChI is InChI=1S/C14H7ClF4O/c15-12-9(5-3-7-11(12)16)13(20)8-4-1-2-6-10(8)14(17,18)19/h1-7H. The maximum absolute atomic E-state index is 13.3. The molecule has 2 aromatic carbocycles. The lowest BCUT2D eigenvalue weighted by atomic mass is 9.98. The van der Waals surface area contributed by atoms with Crippen LogP contribution in [0.15, 0.2) is 42.5 Å². The fraction of sp³-hybridized carbons (Fsp3) is 0.0714. The first-order valence-corrected chi connectivity index (χ1v) is 5.85. The van der Waals surface area contributed by atoms with Gasteiger partial charge in [0.25, 0.3) is 0 Å². The Kier molecular flexibility index (Phi) is 3.81. The van der Waals surface area contributed by atoms with Crippen molar-refractivity contribution in [2.45, 2.75) is 6.18 Å². The van der Waals surface area contributed by atoms with Crippen LogP contribution in [0.25, 0.3) is 0 Å². The number of hydrogen-bond acceptors (Lipinski definition) is 1. The van der Waals surface area contributed by atoms with Crippen LogP contribution in [0.5, 0.6) is 0 Å². The summed E-state index contributed by atoms with van der Waals surface area (Å²) in [6, 6.07) is 7.72. The molecule has 0 N–H and O–H groups in total. The molecular formula is C14H7ClF4O. The Balaban J connectivity index is 2.58. The van der Waals surface area contributed by atoms with Crippen LogP contribution < -0.4 is 0 Å². The van der Waals surface area contributed by atoms with E-state index >= 15 is 0 Å². The molecule has 2 aromatic rings. The van der Waals surface area contributed by atoms with Gasteiger partial charge >= 0.3 is 6.18 Å². The Morgan fingerprint density at radius 3 is 2.20 bits per heavy atom. The average Bonchev–Trinajstić information content (AvgIpc) is 2.40. The first kappa shape index (κ1) is 14.5. The molecule has 6 heteroatoms. The predicted octanol–water partition coefficient (Wildman–Crippen LogP) is 4.73. The van der Waals surface area contributed by atoms with Crippen LogP contribution >= 0.6 is 11.6 Å². The van der Waals surface area contributed by atoms with E-state index in [4.69, 9.17) is 11.6 Å². The molecule has 20 heavy (non-hydrogen) atoms. The van der Waals surface area contributed by atoms with Crippen LogP contribution in [0.1, 0.15) is 21.5 Å².